The van der Waals surface area contributed by atoms with Gasteiger partial charge < -0.3 is 14.5 Å². The van der Waals surface area contributed by atoms with Crippen LogP contribution in [0.5, 0.6) is 0 Å². The molecule has 0 radical (unpaired) electrons. The lowest BCUT2D eigenvalue weighted by molar-refractivity contribution is 0.0732. The Morgan fingerprint density at radius 3 is 2.17 bits per heavy atom. The molecule has 2 aromatic carbocycles. The second-order valence-corrected chi connectivity index (χ2v) is 6.15. The van der Waals surface area contributed by atoms with Gasteiger partial charge in [-0.1, -0.05) is 42.5 Å². The van der Waals surface area contributed by atoms with Crippen LogP contribution in [0.2, 0.25) is 0 Å². The first-order valence-electron chi connectivity index (χ1n) is 8.16. The van der Waals surface area contributed by atoms with Crippen molar-refractivity contribution in [2.75, 3.05) is 34.3 Å². The molecule has 2 rings (SSSR count). The molecule has 0 N–H and O–H groups in total. The van der Waals surface area contributed by atoms with E-state index in [1.165, 1.54) is 0 Å². The molecule has 128 valence electrons. The van der Waals surface area contributed by atoms with Gasteiger partial charge in [-0.2, -0.15) is 0 Å². The molecule has 0 fully saturated rings. The molecule has 4 heteroatoms. The van der Waals surface area contributed by atoms with Gasteiger partial charge >= 0.3 is 0 Å². The number of amides is 1. The van der Waals surface area contributed by atoms with Crippen molar-refractivity contribution < 1.29 is 9.53 Å². The average Bonchev–Trinajstić information content (AvgIpc) is 2.60. The van der Waals surface area contributed by atoms with Crippen molar-refractivity contribution in [1.82, 2.24) is 9.80 Å². The summed E-state index contributed by atoms with van der Waals surface area (Å²) in [6, 6.07) is 17.8. The van der Waals surface area contributed by atoms with E-state index in [0.717, 1.165) is 17.7 Å². The van der Waals surface area contributed by atoms with Crippen LogP contribution >= 0.6 is 0 Å². The van der Waals surface area contributed by atoms with Crippen LogP contribution in [0, 0.1) is 0 Å². The van der Waals surface area contributed by atoms with E-state index >= 15 is 0 Å². The number of rotatable bonds is 8. The predicted octanol–water partition coefficient (Wildman–Crippen LogP) is 3.04. The molecule has 0 heterocycles. The van der Waals surface area contributed by atoms with Gasteiger partial charge in [-0.3, -0.25) is 4.79 Å². The van der Waals surface area contributed by atoms with Crippen LogP contribution in [0.3, 0.4) is 0 Å². The molecule has 1 amide bonds. The Balaban J connectivity index is 2.13. The lowest BCUT2D eigenvalue weighted by Crippen LogP contribution is -2.36. The van der Waals surface area contributed by atoms with Crippen molar-refractivity contribution >= 4 is 5.91 Å². The summed E-state index contributed by atoms with van der Waals surface area (Å²) >= 11 is 0. The third kappa shape index (κ3) is 5.48. The van der Waals surface area contributed by atoms with Gasteiger partial charge in [-0.15, -0.1) is 0 Å². The van der Waals surface area contributed by atoms with Crippen molar-refractivity contribution in [1.29, 1.82) is 0 Å². The molecule has 0 aromatic heterocycles. The first-order valence-corrected chi connectivity index (χ1v) is 8.16. The van der Waals surface area contributed by atoms with Crippen LogP contribution in [0.25, 0.3) is 0 Å². The number of hydrogen-bond donors (Lipinski definition) is 0. The fraction of sp³-hybridized carbons (Fsp3) is 0.350. The van der Waals surface area contributed by atoms with Crippen molar-refractivity contribution in [3.63, 3.8) is 0 Å². The lowest BCUT2D eigenvalue weighted by Gasteiger charge is -2.25. The summed E-state index contributed by atoms with van der Waals surface area (Å²) in [5.74, 6) is 0.0599. The van der Waals surface area contributed by atoms with Gasteiger partial charge in [-0.25, -0.2) is 0 Å². The lowest BCUT2D eigenvalue weighted by atomic mass is 10.1. The zero-order valence-electron chi connectivity index (χ0n) is 14.7. The second-order valence-electron chi connectivity index (χ2n) is 6.15. The van der Waals surface area contributed by atoms with Crippen LogP contribution in [0.15, 0.2) is 54.6 Å². The third-order valence-corrected chi connectivity index (χ3v) is 3.83. The Morgan fingerprint density at radius 1 is 0.917 bits per heavy atom. The smallest absolute Gasteiger partial charge is 0.254 e. The molecule has 0 spiro atoms. The first-order chi connectivity index (χ1) is 11.6. The van der Waals surface area contributed by atoms with E-state index in [1.807, 2.05) is 61.5 Å². The van der Waals surface area contributed by atoms with Crippen LogP contribution < -0.4 is 0 Å². The number of methoxy groups -OCH3 is 1. The van der Waals surface area contributed by atoms with Crippen molar-refractivity contribution in [3.05, 3.63) is 71.3 Å². The van der Waals surface area contributed by atoms with Gasteiger partial charge in [0.05, 0.1) is 6.61 Å². The van der Waals surface area contributed by atoms with E-state index in [0.29, 0.717) is 25.3 Å². The zero-order chi connectivity index (χ0) is 17.4. The summed E-state index contributed by atoms with van der Waals surface area (Å²) in [5.41, 5.74) is 2.92. The Kier molecular flexibility index (Phi) is 6.97. The van der Waals surface area contributed by atoms with E-state index in [-0.39, 0.29) is 5.91 Å². The topological polar surface area (TPSA) is 32.8 Å². The SMILES string of the molecule is COCc1ccc(C(=O)N(CCN(C)C)Cc2ccccc2)cc1. The average molecular weight is 326 g/mol. The number of carbonyl (C=O) groups excluding carboxylic acids is 1. The number of benzene rings is 2. The van der Waals surface area contributed by atoms with Gasteiger partial charge in [-0.05, 0) is 37.4 Å². The van der Waals surface area contributed by atoms with E-state index < -0.39 is 0 Å². The Morgan fingerprint density at radius 2 is 1.58 bits per heavy atom. The Hall–Kier alpha value is -2.17. The van der Waals surface area contributed by atoms with Crippen molar-refractivity contribution in [2.24, 2.45) is 0 Å². The van der Waals surface area contributed by atoms with Gasteiger partial charge in [0.25, 0.3) is 5.91 Å². The molecule has 0 aliphatic heterocycles. The highest BCUT2D eigenvalue weighted by atomic mass is 16.5. The van der Waals surface area contributed by atoms with Crippen LogP contribution in [-0.4, -0.2) is 50.0 Å². The largest absolute Gasteiger partial charge is 0.380 e. The predicted molar refractivity (Wildman–Crippen MR) is 96.9 cm³/mol. The van der Waals surface area contributed by atoms with E-state index in [4.69, 9.17) is 4.74 Å². The highest BCUT2D eigenvalue weighted by Crippen LogP contribution is 2.12. The first kappa shape index (κ1) is 18.2. The minimum atomic E-state index is 0.0599. The van der Waals surface area contributed by atoms with Gasteiger partial charge in [0, 0.05) is 32.3 Å². The van der Waals surface area contributed by atoms with Gasteiger partial charge in [0.2, 0.25) is 0 Å². The molecule has 0 atom stereocenters. The minimum absolute atomic E-state index is 0.0599. The van der Waals surface area contributed by atoms with E-state index in [1.54, 1.807) is 7.11 Å². The maximum absolute atomic E-state index is 12.9. The minimum Gasteiger partial charge on any atom is -0.380 e. The molecular weight excluding hydrogens is 300 g/mol. The van der Waals surface area contributed by atoms with E-state index in [9.17, 15) is 4.79 Å². The fourth-order valence-corrected chi connectivity index (χ4v) is 2.47. The summed E-state index contributed by atoms with van der Waals surface area (Å²) in [7, 11) is 5.71. The highest BCUT2D eigenvalue weighted by molar-refractivity contribution is 5.94. The molecule has 24 heavy (non-hydrogen) atoms. The molecule has 0 aliphatic rings. The molecule has 0 unspecified atom stereocenters. The molecule has 4 nitrogen and oxygen atoms in total. The van der Waals surface area contributed by atoms with E-state index in [2.05, 4.69) is 17.0 Å². The van der Waals surface area contributed by atoms with Gasteiger partial charge in [0.15, 0.2) is 0 Å². The summed E-state index contributed by atoms with van der Waals surface area (Å²) in [5, 5.41) is 0. The summed E-state index contributed by atoms with van der Waals surface area (Å²) in [6.45, 7) is 2.71. The Labute approximate surface area is 144 Å². The summed E-state index contributed by atoms with van der Waals surface area (Å²) < 4.78 is 5.12. The number of likely N-dealkylation sites (N-methyl/N-ethyl adjacent to an activating group) is 1. The molecule has 0 aliphatic carbocycles. The van der Waals surface area contributed by atoms with Crippen LogP contribution in [0.4, 0.5) is 0 Å². The normalized spacial score (nSPS) is 10.8. The molecule has 0 saturated heterocycles. The zero-order valence-corrected chi connectivity index (χ0v) is 14.7. The monoisotopic (exact) mass is 326 g/mol. The highest BCUT2D eigenvalue weighted by Gasteiger charge is 2.16. The third-order valence-electron chi connectivity index (χ3n) is 3.83. The molecule has 0 bridgehead atoms. The number of nitrogens with zero attached hydrogens (tertiary/aromatic N) is 2. The van der Waals surface area contributed by atoms with Crippen molar-refractivity contribution in [2.45, 2.75) is 13.2 Å². The number of carbonyl (C=O) groups is 1. The fourth-order valence-electron chi connectivity index (χ4n) is 2.47. The number of ether oxygens (including phenoxy) is 1. The summed E-state index contributed by atoms with van der Waals surface area (Å²) in [4.78, 5) is 16.9. The molecule has 2 aromatic rings. The second kappa shape index (κ2) is 9.21. The maximum atomic E-state index is 12.9. The van der Waals surface area contributed by atoms with Crippen molar-refractivity contribution in [3.8, 4) is 0 Å². The standard InChI is InChI=1S/C20H26N2O2/c1-21(2)13-14-22(15-17-7-5-4-6-8-17)20(23)19-11-9-18(10-12-19)16-24-3/h4-12H,13-16H2,1-3H3. The summed E-state index contributed by atoms with van der Waals surface area (Å²) in [6.07, 6.45) is 0. The van der Waals surface area contributed by atoms with Crippen LogP contribution in [0.1, 0.15) is 21.5 Å². The van der Waals surface area contributed by atoms with Crippen LogP contribution in [-0.2, 0) is 17.9 Å². The van der Waals surface area contributed by atoms with Gasteiger partial charge in [0.1, 0.15) is 0 Å². The Bertz CT molecular complexity index is 624. The maximum Gasteiger partial charge on any atom is 0.254 e. The number of hydrogen-bond acceptors (Lipinski definition) is 3. The quantitative estimate of drug-likeness (QED) is 0.747. The molecule has 0 saturated carbocycles. The molecular formula is C20H26N2O2.